The van der Waals surface area contributed by atoms with E-state index in [1.54, 1.807) is 4.90 Å². The molecular weight excluding hydrogens is 228 g/mol. The maximum Gasteiger partial charge on any atom is 0.263 e. The topological polar surface area (TPSA) is 41.6 Å². The van der Waals surface area contributed by atoms with E-state index in [1.807, 2.05) is 19.2 Å². The second kappa shape index (κ2) is 4.52. The molecule has 0 aliphatic carbocycles. The maximum absolute atomic E-state index is 11.9. The Balaban J connectivity index is 1.83. The number of nitrogens with one attached hydrogen (secondary N) is 1. The minimum Gasteiger partial charge on any atom is -0.480 e. The average Bonchev–Trinajstić information content (AvgIpc) is 2.71. The van der Waals surface area contributed by atoms with Gasteiger partial charge in [-0.05, 0) is 25.0 Å². The predicted octanol–water partition coefficient (Wildman–Crippen LogP) is 1.65. The molecule has 1 amide bonds. The molecule has 18 heavy (non-hydrogen) atoms. The summed E-state index contributed by atoms with van der Waals surface area (Å²) in [6, 6.07) is 6.02. The van der Waals surface area contributed by atoms with Crippen LogP contribution >= 0.6 is 0 Å². The summed E-state index contributed by atoms with van der Waals surface area (Å²) in [5.41, 5.74) is 2.36. The van der Waals surface area contributed by atoms with Crippen LogP contribution in [-0.2, 0) is 11.2 Å². The minimum absolute atomic E-state index is 0.0939. The molecule has 2 aliphatic rings. The number of likely N-dealkylation sites (tertiary alicyclic amines) is 1. The Morgan fingerprint density at radius 2 is 2.33 bits per heavy atom. The van der Waals surface area contributed by atoms with Crippen molar-refractivity contribution in [1.29, 1.82) is 0 Å². The Bertz CT molecular complexity index is 473. The molecule has 4 nitrogen and oxygen atoms in total. The molecule has 0 aromatic heterocycles. The fourth-order valence-electron chi connectivity index (χ4n) is 2.64. The molecule has 1 aromatic rings. The second-order valence-electron chi connectivity index (χ2n) is 4.97. The molecule has 4 heteroatoms. The van der Waals surface area contributed by atoms with Crippen molar-refractivity contribution in [3.63, 3.8) is 0 Å². The molecule has 1 N–H and O–H groups in total. The fourth-order valence-corrected chi connectivity index (χ4v) is 2.64. The van der Waals surface area contributed by atoms with Crippen LogP contribution < -0.4 is 10.1 Å². The Hall–Kier alpha value is -1.71. The molecule has 0 spiro atoms. The van der Waals surface area contributed by atoms with Gasteiger partial charge in [-0.1, -0.05) is 6.07 Å². The highest BCUT2D eigenvalue weighted by Gasteiger charge is 2.31. The summed E-state index contributed by atoms with van der Waals surface area (Å²) in [6.07, 6.45) is 2.62. The first-order valence-corrected chi connectivity index (χ1v) is 6.53. The van der Waals surface area contributed by atoms with Gasteiger partial charge >= 0.3 is 0 Å². The largest absolute Gasteiger partial charge is 0.480 e. The predicted molar refractivity (Wildman–Crippen MR) is 69.9 cm³/mol. The molecule has 2 heterocycles. The monoisotopic (exact) mass is 246 g/mol. The van der Waals surface area contributed by atoms with Crippen LogP contribution in [0.1, 0.15) is 18.4 Å². The molecule has 0 radical (unpaired) electrons. The van der Waals surface area contributed by atoms with Crippen molar-refractivity contribution in [2.75, 3.05) is 25.5 Å². The van der Waals surface area contributed by atoms with Crippen LogP contribution in [0.25, 0.3) is 0 Å². The number of hydrogen-bond acceptors (Lipinski definition) is 3. The molecule has 1 atom stereocenters. The van der Waals surface area contributed by atoms with Crippen LogP contribution in [0.15, 0.2) is 18.2 Å². The van der Waals surface area contributed by atoms with Crippen LogP contribution in [0, 0.1) is 0 Å². The zero-order valence-electron chi connectivity index (χ0n) is 10.6. The number of fused-ring (bicyclic) bond motifs is 1. The number of carbonyl (C=O) groups excluding carboxylic acids is 1. The molecule has 1 fully saturated rings. The van der Waals surface area contributed by atoms with E-state index in [4.69, 9.17) is 4.74 Å². The second-order valence-corrected chi connectivity index (χ2v) is 4.97. The van der Waals surface area contributed by atoms with Gasteiger partial charge in [-0.2, -0.15) is 0 Å². The maximum atomic E-state index is 11.9. The molecular formula is C14H18N2O2. The van der Waals surface area contributed by atoms with Crippen LogP contribution in [0.4, 0.5) is 5.69 Å². The van der Waals surface area contributed by atoms with Gasteiger partial charge in [-0.25, -0.2) is 0 Å². The standard InChI is InChI=1S/C14H18N2O2/c1-16-9-7-13(14(16)17)18-12-6-2-5-11-10(12)4-3-8-15-11/h2,5-6,13,15H,3-4,7-9H2,1H3. The van der Waals surface area contributed by atoms with E-state index in [0.717, 1.165) is 43.8 Å². The van der Waals surface area contributed by atoms with Gasteiger partial charge in [0.15, 0.2) is 6.10 Å². The lowest BCUT2D eigenvalue weighted by atomic mass is 10.0. The highest BCUT2D eigenvalue weighted by atomic mass is 16.5. The first-order chi connectivity index (χ1) is 8.75. The first-order valence-electron chi connectivity index (χ1n) is 6.53. The number of hydrogen-bond donors (Lipinski definition) is 1. The summed E-state index contributed by atoms with van der Waals surface area (Å²) in [5.74, 6) is 0.963. The molecule has 1 unspecified atom stereocenters. The minimum atomic E-state index is -0.302. The van der Waals surface area contributed by atoms with Gasteiger partial charge in [-0.3, -0.25) is 4.79 Å². The highest BCUT2D eigenvalue weighted by molar-refractivity contribution is 5.83. The lowest BCUT2D eigenvalue weighted by Crippen LogP contribution is -2.29. The molecule has 3 rings (SSSR count). The fraction of sp³-hybridized carbons (Fsp3) is 0.500. The average molecular weight is 246 g/mol. The van der Waals surface area contributed by atoms with Gasteiger partial charge in [0.25, 0.3) is 5.91 Å². The number of rotatable bonds is 2. The van der Waals surface area contributed by atoms with Crippen LogP contribution in [0.5, 0.6) is 5.75 Å². The highest BCUT2D eigenvalue weighted by Crippen LogP contribution is 2.32. The van der Waals surface area contributed by atoms with E-state index in [1.165, 1.54) is 5.56 Å². The first kappa shape index (κ1) is 11.4. The van der Waals surface area contributed by atoms with Crippen LogP contribution in [-0.4, -0.2) is 37.0 Å². The summed E-state index contributed by atoms with van der Waals surface area (Å²) in [6.45, 7) is 1.80. The molecule has 96 valence electrons. The van der Waals surface area contributed by atoms with Gasteiger partial charge < -0.3 is 15.0 Å². The van der Waals surface area contributed by atoms with Crippen molar-refractivity contribution in [1.82, 2.24) is 4.90 Å². The molecule has 1 aromatic carbocycles. The molecule has 0 bridgehead atoms. The smallest absolute Gasteiger partial charge is 0.263 e. The van der Waals surface area contributed by atoms with Gasteiger partial charge in [-0.15, -0.1) is 0 Å². The number of benzene rings is 1. The van der Waals surface area contributed by atoms with Gasteiger partial charge in [0, 0.05) is 37.8 Å². The Kier molecular flexibility index (Phi) is 2.86. The number of anilines is 1. The Morgan fingerprint density at radius 1 is 1.44 bits per heavy atom. The van der Waals surface area contributed by atoms with Crippen molar-refractivity contribution in [3.8, 4) is 5.75 Å². The summed E-state index contributed by atoms with van der Waals surface area (Å²) >= 11 is 0. The number of carbonyl (C=O) groups is 1. The van der Waals surface area contributed by atoms with E-state index in [2.05, 4.69) is 11.4 Å². The number of nitrogens with zero attached hydrogens (tertiary/aromatic N) is 1. The van der Waals surface area contributed by atoms with E-state index in [-0.39, 0.29) is 12.0 Å². The van der Waals surface area contributed by atoms with Crippen molar-refractivity contribution >= 4 is 11.6 Å². The molecule has 1 saturated heterocycles. The SMILES string of the molecule is CN1CCC(Oc2cccc3c2CCCN3)C1=O. The normalized spacial score (nSPS) is 22.6. The number of ether oxygens (including phenoxy) is 1. The van der Waals surface area contributed by atoms with Crippen LogP contribution in [0.3, 0.4) is 0 Å². The van der Waals surface area contributed by atoms with Crippen molar-refractivity contribution < 1.29 is 9.53 Å². The van der Waals surface area contributed by atoms with Crippen LogP contribution in [0.2, 0.25) is 0 Å². The van der Waals surface area contributed by atoms with E-state index in [9.17, 15) is 4.79 Å². The lowest BCUT2D eigenvalue weighted by Gasteiger charge is -2.22. The molecule has 0 saturated carbocycles. The summed E-state index contributed by atoms with van der Waals surface area (Å²) < 4.78 is 5.93. The third-order valence-electron chi connectivity index (χ3n) is 3.70. The van der Waals surface area contributed by atoms with Gasteiger partial charge in [0.2, 0.25) is 0 Å². The quantitative estimate of drug-likeness (QED) is 0.862. The van der Waals surface area contributed by atoms with E-state index >= 15 is 0 Å². The Labute approximate surface area is 107 Å². The van der Waals surface area contributed by atoms with Gasteiger partial charge in [0.05, 0.1) is 0 Å². The van der Waals surface area contributed by atoms with E-state index in [0.29, 0.717) is 0 Å². The van der Waals surface area contributed by atoms with Crippen molar-refractivity contribution in [3.05, 3.63) is 23.8 Å². The van der Waals surface area contributed by atoms with Gasteiger partial charge in [0.1, 0.15) is 5.75 Å². The zero-order chi connectivity index (χ0) is 12.5. The summed E-state index contributed by atoms with van der Waals surface area (Å²) in [4.78, 5) is 13.6. The van der Waals surface area contributed by atoms with Crippen molar-refractivity contribution in [2.45, 2.75) is 25.4 Å². The summed E-state index contributed by atoms with van der Waals surface area (Å²) in [5, 5.41) is 3.37. The van der Waals surface area contributed by atoms with E-state index < -0.39 is 0 Å². The molecule has 2 aliphatic heterocycles. The third kappa shape index (κ3) is 1.92. The Morgan fingerprint density at radius 3 is 3.11 bits per heavy atom. The van der Waals surface area contributed by atoms with Crippen molar-refractivity contribution in [2.24, 2.45) is 0 Å². The lowest BCUT2D eigenvalue weighted by molar-refractivity contribution is -0.132. The number of likely N-dealkylation sites (N-methyl/N-ethyl adjacent to an activating group) is 1. The summed E-state index contributed by atoms with van der Waals surface area (Å²) in [7, 11) is 1.83. The third-order valence-corrected chi connectivity index (χ3v) is 3.70. The zero-order valence-corrected chi connectivity index (χ0v) is 10.6. The number of amides is 1.